The number of nitrogens with two attached hydrogens (primary N) is 1. The summed E-state index contributed by atoms with van der Waals surface area (Å²) in [5.74, 6) is 0. The average molecular weight is 222 g/mol. The van der Waals surface area contributed by atoms with Crippen LogP contribution >= 0.6 is 0 Å². The van der Waals surface area contributed by atoms with Crippen LogP contribution in [-0.4, -0.2) is 22.9 Å². The Balaban J connectivity index is 2.19. The van der Waals surface area contributed by atoms with Gasteiger partial charge in [-0.05, 0) is 58.2 Å². The van der Waals surface area contributed by atoms with Crippen molar-refractivity contribution in [1.82, 2.24) is 15.1 Å². The van der Waals surface area contributed by atoms with Gasteiger partial charge in [-0.1, -0.05) is 0 Å². The van der Waals surface area contributed by atoms with E-state index in [-0.39, 0.29) is 0 Å². The van der Waals surface area contributed by atoms with E-state index in [1.54, 1.807) is 0 Å². The van der Waals surface area contributed by atoms with Crippen LogP contribution in [0.25, 0.3) is 0 Å². The molecule has 1 aliphatic heterocycles. The molecule has 0 spiro atoms. The highest BCUT2D eigenvalue weighted by atomic mass is 15.4. The molecule has 2 rings (SSSR count). The Labute approximate surface area is 97.2 Å². The molecular weight excluding hydrogens is 200 g/mol. The zero-order chi connectivity index (χ0) is 11.5. The highest BCUT2D eigenvalue weighted by Gasteiger charge is 2.20. The molecule has 0 bridgehead atoms. The Bertz CT molecular complexity index is 350. The quantitative estimate of drug-likeness (QED) is 0.806. The van der Waals surface area contributed by atoms with Crippen molar-refractivity contribution in [2.45, 2.75) is 45.7 Å². The van der Waals surface area contributed by atoms with Gasteiger partial charge in [-0.2, -0.15) is 5.10 Å². The largest absolute Gasteiger partial charge is 0.330 e. The van der Waals surface area contributed by atoms with Gasteiger partial charge < -0.3 is 5.73 Å². The van der Waals surface area contributed by atoms with E-state index in [9.17, 15) is 0 Å². The molecule has 0 aliphatic carbocycles. The number of hydrogen-bond acceptors (Lipinski definition) is 3. The van der Waals surface area contributed by atoms with Crippen LogP contribution in [0.3, 0.4) is 0 Å². The van der Waals surface area contributed by atoms with Crippen molar-refractivity contribution >= 4 is 0 Å². The molecule has 4 nitrogen and oxygen atoms in total. The average Bonchev–Trinajstić information content (AvgIpc) is 2.86. The third-order valence-electron chi connectivity index (χ3n) is 3.44. The summed E-state index contributed by atoms with van der Waals surface area (Å²) in [4.78, 5) is 0. The van der Waals surface area contributed by atoms with Crippen molar-refractivity contribution in [3.05, 3.63) is 17.0 Å². The van der Waals surface area contributed by atoms with E-state index in [4.69, 9.17) is 5.73 Å². The van der Waals surface area contributed by atoms with Crippen molar-refractivity contribution < 1.29 is 0 Å². The van der Waals surface area contributed by atoms with Gasteiger partial charge in [0.05, 0.1) is 5.69 Å². The van der Waals surface area contributed by atoms with Crippen molar-refractivity contribution in [1.29, 1.82) is 0 Å². The lowest BCUT2D eigenvalue weighted by atomic mass is 10.1. The van der Waals surface area contributed by atoms with E-state index in [2.05, 4.69) is 28.9 Å². The lowest BCUT2D eigenvalue weighted by Gasteiger charge is -2.13. The van der Waals surface area contributed by atoms with Crippen molar-refractivity contribution in [2.75, 3.05) is 13.1 Å². The van der Waals surface area contributed by atoms with Crippen LogP contribution in [0, 0.1) is 13.8 Å². The number of aromatic nitrogens is 2. The SMILES string of the molecule is Cc1nn(C2CCCN2)c(C)c1CCCN. The number of hydrogen-bond donors (Lipinski definition) is 2. The number of nitrogens with one attached hydrogen (secondary N) is 1. The molecule has 0 aromatic carbocycles. The second kappa shape index (κ2) is 4.97. The third kappa shape index (κ3) is 2.13. The lowest BCUT2D eigenvalue weighted by Crippen LogP contribution is -2.22. The zero-order valence-corrected chi connectivity index (χ0v) is 10.3. The molecule has 16 heavy (non-hydrogen) atoms. The van der Waals surface area contributed by atoms with Gasteiger partial charge in [0, 0.05) is 5.69 Å². The fraction of sp³-hybridized carbons (Fsp3) is 0.750. The smallest absolute Gasteiger partial charge is 0.102 e. The van der Waals surface area contributed by atoms with Crippen molar-refractivity contribution in [3.63, 3.8) is 0 Å². The van der Waals surface area contributed by atoms with E-state index >= 15 is 0 Å². The number of aryl methyl sites for hydroxylation is 1. The molecule has 1 fully saturated rings. The predicted molar refractivity (Wildman–Crippen MR) is 65.4 cm³/mol. The molecule has 2 heterocycles. The van der Waals surface area contributed by atoms with Gasteiger partial charge in [0.15, 0.2) is 0 Å². The Kier molecular flexibility index (Phi) is 3.61. The summed E-state index contributed by atoms with van der Waals surface area (Å²) in [6.45, 7) is 6.14. The molecule has 0 saturated carbocycles. The highest BCUT2D eigenvalue weighted by Crippen LogP contribution is 2.22. The summed E-state index contributed by atoms with van der Waals surface area (Å²) in [5.41, 5.74) is 9.43. The molecule has 1 aliphatic rings. The first-order valence-corrected chi connectivity index (χ1v) is 6.22. The molecule has 0 radical (unpaired) electrons. The minimum Gasteiger partial charge on any atom is -0.330 e. The fourth-order valence-corrected chi connectivity index (χ4v) is 2.52. The van der Waals surface area contributed by atoms with Crippen LogP contribution in [0.5, 0.6) is 0 Å². The van der Waals surface area contributed by atoms with Crippen molar-refractivity contribution in [2.24, 2.45) is 5.73 Å². The Morgan fingerprint density at radius 1 is 1.50 bits per heavy atom. The van der Waals surface area contributed by atoms with Gasteiger partial charge in [0.1, 0.15) is 6.17 Å². The molecule has 90 valence electrons. The van der Waals surface area contributed by atoms with E-state index < -0.39 is 0 Å². The monoisotopic (exact) mass is 222 g/mol. The first-order chi connectivity index (χ1) is 7.74. The first kappa shape index (κ1) is 11.6. The molecule has 1 atom stereocenters. The maximum Gasteiger partial charge on any atom is 0.102 e. The molecule has 1 unspecified atom stereocenters. The summed E-state index contributed by atoms with van der Waals surface area (Å²) in [7, 11) is 0. The van der Waals surface area contributed by atoms with Crippen molar-refractivity contribution in [3.8, 4) is 0 Å². The topological polar surface area (TPSA) is 55.9 Å². The Hall–Kier alpha value is -0.870. The van der Waals surface area contributed by atoms with Crippen LogP contribution in [0.2, 0.25) is 0 Å². The van der Waals surface area contributed by atoms with E-state index in [0.717, 1.165) is 25.9 Å². The minimum absolute atomic E-state index is 0.408. The summed E-state index contributed by atoms with van der Waals surface area (Å²) >= 11 is 0. The molecule has 3 N–H and O–H groups in total. The molecule has 1 aromatic heterocycles. The second-order valence-corrected chi connectivity index (χ2v) is 4.60. The lowest BCUT2D eigenvalue weighted by molar-refractivity contribution is 0.414. The Morgan fingerprint density at radius 3 is 2.94 bits per heavy atom. The summed E-state index contributed by atoms with van der Waals surface area (Å²) < 4.78 is 2.16. The summed E-state index contributed by atoms with van der Waals surface area (Å²) in [5, 5.41) is 8.14. The van der Waals surface area contributed by atoms with Crippen LogP contribution in [-0.2, 0) is 6.42 Å². The molecule has 4 heteroatoms. The highest BCUT2D eigenvalue weighted by molar-refractivity contribution is 5.25. The number of nitrogens with zero attached hydrogens (tertiary/aromatic N) is 2. The van der Waals surface area contributed by atoms with Gasteiger partial charge in [-0.15, -0.1) is 0 Å². The van der Waals surface area contributed by atoms with Gasteiger partial charge >= 0.3 is 0 Å². The van der Waals surface area contributed by atoms with Gasteiger partial charge in [-0.3, -0.25) is 10.00 Å². The molecular formula is C12H22N4. The van der Waals surface area contributed by atoms with E-state index in [1.165, 1.54) is 29.8 Å². The van der Waals surface area contributed by atoms with E-state index in [1.807, 2.05) is 0 Å². The fourth-order valence-electron chi connectivity index (χ4n) is 2.52. The van der Waals surface area contributed by atoms with Crippen LogP contribution < -0.4 is 11.1 Å². The van der Waals surface area contributed by atoms with Crippen LogP contribution in [0.4, 0.5) is 0 Å². The second-order valence-electron chi connectivity index (χ2n) is 4.60. The first-order valence-electron chi connectivity index (χ1n) is 6.22. The Morgan fingerprint density at radius 2 is 2.31 bits per heavy atom. The predicted octanol–water partition coefficient (Wildman–Crippen LogP) is 1.27. The normalized spacial score (nSPS) is 20.6. The minimum atomic E-state index is 0.408. The van der Waals surface area contributed by atoms with Gasteiger partial charge in [-0.25, -0.2) is 0 Å². The molecule has 1 saturated heterocycles. The van der Waals surface area contributed by atoms with E-state index in [0.29, 0.717) is 6.17 Å². The zero-order valence-electron chi connectivity index (χ0n) is 10.3. The van der Waals surface area contributed by atoms with Gasteiger partial charge in [0.25, 0.3) is 0 Å². The maximum absolute atomic E-state index is 5.57. The van der Waals surface area contributed by atoms with Crippen LogP contribution in [0.15, 0.2) is 0 Å². The number of rotatable bonds is 4. The molecule has 0 amide bonds. The summed E-state index contributed by atoms with van der Waals surface area (Å²) in [6, 6.07) is 0. The summed E-state index contributed by atoms with van der Waals surface area (Å²) in [6.07, 6.45) is 4.96. The third-order valence-corrected chi connectivity index (χ3v) is 3.44. The standard InChI is InChI=1S/C12H22N4/c1-9-11(5-3-7-13)10(2)16(15-9)12-6-4-8-14-12/h12,14H,3-8,13H2,1-2H3. The van der Waals surface area contributed by atoms with Crippen LogP contribution in [0.1, 0.15) is 42.4 Å². The molecule has 1 aromatic rings. The maximum atomic E-state index is 5.57. The van der Waals surface area contributed by atoms with Gasteiger partial charge in [0.2, 0.25) is 0 Å².